The minimum atomic E-state index is -0.281. The Morgan fingerprint density at radius 3 is 2.67 bits per heavy atom. The molecule has 0 aliphatic heterocycles. The first-order valence-electron chi connectivity index (χ1n) is 4.63. The predicted octanol–water partition coefficient (Wildman–Crippen LogP) is 1.92. The lowest BCUT2D eigenvalue weighted by atomic mass is 9.85. The van der Waals surface area contributed by atoms with E-state index < -0.39 is 0 Å². The van der Waals surface area contributed by atoms with Crippen molar-refractivity contribution >= 4 is 6.09 Å². The summed E-state index contributed by atoms with van der Waals surface area (Å²) in [5.74, 6) is 0.699. The van der Waals surface area contributed by atoms with Gasteiger partial charge in [-0.05, 0) is 32.6 Å². The van der Waals surface area contributed by atoms with E-state index in [4.69, 9.17) is 4.74 Å². The molecule has 70 valence electrons. The molecule has 0 radical (unpaired) electrons. The zero-order valence-electron chi connectivity index (χ0n) is 7.80. The highest BCUT2D eigenvalue weighted by Crippen LogP contribution is 2.25. The number of hydrogen-bond acceptors (Lipinski definition) is 2. The minimum absolute atomic E-state index is 0.0219. The first-order valence-corrected chi connectivity index (χ1v) is 4.63. The Kier molecular flexibility index (Phi) is 3.38. The van der Waals surface area contributed by atoms with Crippen LogP contribution in [0.2, 0.25) is 0 Å². The molecule has 1 amide bonds. The SMILES string of the molecule is CC(C)OC(=O)NCC1CCC1. The summed E-state index contributed by atoms with van der Waals surface area (Å²) in [5, 5.41) is 2.75. The summed E-state index contributed by atoms with van der Waals surface area (Å²) in [6.07, 6.45) is 3.51. The van der Waals surface area contributed by atoms with Crippen LogP contribution in [0.1, 0.15) is 33.1 Å². The van der Waals surface area contributed by atoms with Crippen LogP contribution in [0, 0.1) is 5.92 Å². The normalized spacial score (nSPS) is 17.2. The van der Waals surface area contributed by atoms with Crippen molar-refractivity contribution in [2.45, 2.75) is 39.2 Å². The molecule has 1 aliphatic rings. The van der Waals surface area contributed by atoms with Crippen LogP contribution >= 0.6 is 0 Å². The molecular weight excluding hydrogens is 154 g/mol. The number of carbonyl (C=O) groups excluding carboxylic acids is 1. The van der Waals surface area contributed by atoms with Gasteiger partial charge in [-0.2, -0.15) is 0 Å². The van der Waals surface area contributed by atoms with Gasteiger partial charge < -0.3 is 10.1 Å². The summed E-state index contributed by atoms with van der Waals surface area (Å²) in [6.45, 7) is 4.48. The Morgan fingerprint density at radius 2 is 2.25 bits per heavy atom. The van der Waals surface area contributed by atoms with Crippen molar-refractivity contribution in [2.75, 3.05) is 6.54 Å². The maximum atomic E-state index is 11.0. The molecule has 1 saturated carbocycles. The minimum Gasteiger partial charge on any atom is -0.447 e. The molecule has 0 spiro atoms. The van der Waals surface area contributed by atoms with Crippen LogP contribution in [0.3, 0.4) is 0 Å². The number of nitrogens with one attached hydrogen (secondary N) is 1. The van der Waals surface area contributed by atoms with Crippen molar-refractivity contribution in [3.8, 4) is 0 Å². The van der Waals surface area contributed by atoms with Crippen molar-refractivity contribution in [1.82, 2.24) is 5.32 Å². The molecule has 0 aromatic rings. The zero-order chi connectivity index (χ0) is 8.97. The van der Waals surface area contributed by atoms with Crippen molar-refractivity contribution in [3.05, 3.63) is 0 Å². The molecule has 0 saturated heterocycles. The van der Waals surface area contributed by atoms with Gasteiger partial charge in [0, 0.05) is 6.54 Å². The van der Waals surface area contributed by atoms with Crippen LogP contribution < -0.4 is 5.32 Å². The lowest BCUT2D eigenvalue weighted by molar-refractivity contribution is 0.112. The number of rotatable bonds is 3. The third kappa shape index (κ3) is 3.11. The number of hydrogen-bond donors (Lipinski definition) is 1. The largest absolute Gasteiger partial charge is 0.447 e. The summed E-state index contributed by atoms with van der Waals surface area (Å²) >= 11 is 0. The first-order chi connectivity index (χ1) is 5.68. The van der Waals surface area contributed by atoms with E-state index in [1.165, 1.54) is 19.3 Å². The van der Waals surface area contributed by atoms with Gasteiger partial charge in [0.15, 0.2) is 0 Å². The van der Waals surface area contributed by atoms with E-state index in [9.17, 15) is 4.79 Å². The molecular formula is C9H17NO2. The van der Waals surface area contributed by atoms with E-state index in [1.54, 1.807) is 0 Å². The van der Waals surface area contributed by atoms with E-state index in [0.29, 0.717) is 5.92 Å². The summed E-state index contributed by atoms with van der Waals surface area (Å²) in [7, 11) is 0. The third-order valence-corrected chi connectivity index (χ3v) is 2.10. The second-order valence-electron chi connectivity index (χ2n) is 3.63. The highest BCUT2D eigenvalue weighted by Gasteiger charge is 2.18. The van der Waals surface area contributed by atoms with Gasteiger partial charge in [-0.15, -0.1) is 0 Å². The maximum Gasteiger partial charge on any atom is 0.407 e. The summed E-state index contributed by atoms with van der Waals surface area (Å²) in [4.78, 5) is 11.0. The molecule has 1 aliphatic carbocycles. The van der Waals surface area contributed by atoms with Crippen LogP contribution in [-0.2, 0) is 4.74 Å². The molecule has 0 atom stereocenters. The molecule has 1 fully saturated rings. The van der Waals surface area contributed by atoms with E-state index in [0.717, 1.165) is 6.54 Å². The average molecular weight is 171 g/mol. The highest BCUT2D eigenvalue weighted by atomic mass is 16.6. The fourth-order valence-corrected chi connectivity index (χ4v) is 1.18. The Balaban J connectivity index is 2.01. The Hall–Kier alpha value is -0.730. The van der Waals surface area contributed by atoms with E-state index >= 15 is 0 Å². The summed E-state index contributed by atoms with van der Waals surface area (Å²) in [5.41, 5.74) is 0. The van der Waals surface area contributed by atoms with Crippen molar-refractivity contribution < 1.29 is 9.53 Å². The lowest BCUT2D eigenvalue weighted by Crippen LogP contribution is -2.33. The van der Waals surface area contributed by atoms with Gasteiger partial charge in [-0.3, -0.25) is 0 Å². The van der Waals surface area contributed by atoms with Crippen LogP contribution in [0.15, 0.2) is 0 Å². The van der Waals surface area contributed by atoms with Gasteiger partial charge in [-0.1, -0.05) is 6.42 Å². The number of carbonyl (C=O) groups is 1. The molecule has 3 nitrogen and oxygen atoms in total. The first kappa shape index (κ1) is 9.36. The smallest absolute Gasteiger partial charge is 0.407 e. The molecule has 0 unspecified atom stereocenters. The van der Waals surface area contributed by atoms with Gasteiger partial charge in [0.1, 0.15) is 0 Å². The third-order valence-electron chi connectivity index (χ3n) is 2.10. The molecule has 1 N–H and O–H groups in total. The second-order valence-corrected chi connectivity index (χ2v) is 3.63. The van der Waals surface area contributed by atoms with E-state index in [2.05, 4.69) is 5.32 Å². The second kappa shape index (κ2) is 4.33. The van der Waals surface area contributed by atoms with Gasteiger partial charge in [0.25, 0.3) is 0 Å². The van der Waals surface area contributed by atoms with Gasteiger partial charge in [0.2, 0.25) is 0 Å². The predicted molar refractivity (Wildman–Crippen MR) is 47.0 cm³/mol. The fraction of sp³-hybridized carbons (Fsp3) is 0.889. The van der Waals surface area contributed by atoms with E-state index in [-0.39, 0.29) is 12.2 Å². The maximum absolute atomic E-state index is 11.0. The van der Waals surface area contributed by atoms with Crippen LogP contribution in [0.5, 0.6) is 0 Å². The quantitative estimate of drug-likeness (QED) is 0.704. The molecule has 0 bridgehead atoms. The Bertz CT molecular complexity index is 153. The van der Waals surface area contributed by atoms with E-state index in [1.807, 2.05) is 13.8 Å². The number of ether oxygens (including phenoxy) is 1. The highest BCUT2D eigenvalue weighted by molar-refractivity contribution is 5.67. The van der Waals surface area contributed by atoms with Crippen LogP contribution in [0.4, 0.5) is 4.79 Å². The summed E-state index contributed by atoms with van der Waals surface area (Å²) in [6, 6.07) is 0. The van der Waals surface area contributed by atoms with Crippen LogP contribution in [0.25, 0.3) is 0 Å². The van der Waals surface area contributed by atoms with Gasteiger partial charge >= 0.3 is 6.09 Å². The van der Waals surface area contributed by atoms with Gasteiger partial charge in [-0.25, -0.2) is 4.79 Å². The van der Waals surface area contributed by atoms with Gasteiger partial charge in [0.05, 0.1) is 6.10 Å². The summed E-state index contributed by atoms with van der Waals surface area (Å²) < 4.78 is 4.92. The van der Waals surface area contributed by atoms with Crippen molar-refractivity contribution in [1.29, 1.82) is 0 Å². The lowest BCUT2D eigenvalue weighted by Gasteiger charge is -2.25. The van der Waals surface area contributed by atoms with Crippen LogP contribution in [-0.4, -0.2) is 18.7 Å². The molecule has 0 aromatic heterocycles. The number of alkyl carbamates (subject to hydrolysis) is 1. The molecule has 0 aromatic carbocycles. The fourth-order valence-electron chi connectivity index (χ4n) is 1.18. The molecule has 1 rings (SSSR count). The topological polar surface area (TPSA) is 38.3 Å². The average Bonchev–Trinajstić information content (AvgIpc) is 1.81. The molecule has 0 heterocycles. The van der Waals surface area contributed by atoms with Crippen molar-refractivity contribution in [3.63, 3.8) is 0 Å². The number of amides is 1. The van der Waals surface area contributed by atoms with Crippen molar-refractivity contribution in [2.24, 2.45) is 5.92 Å². The standard InChI is InChI=1S/C9H17NO2/c1-7(2)12-9(11)10-6-8-4-3-5-8/h7-8H,3-6H2,1-2H3,(H,10,11). The molecule has 3 heteroatoms. The zero-order valence-corrected chi connectivity index (χ0v) is 7.80. The Labute approximate surface area is 73.5 Å². The Morgan fingerprint density at radius 1 is 1.58 bits per heavy atom. The molecule has 12 heavy (non-hydrogen) atoms. The monoisotopic (exact) mass is 171 g/mol.